The van der Waals surface area contributed by atoms with Crippen LogP contribution >= 0.6 is 7.82 Å². The Balaban J connectivity index is 3.71. The summed E-state index contributed by atoms with van der Waals surface area (Å²) in [5, 5.41) is 0. The molecule has 0 aliphatic carbocycles. The number of phosphoric acid groups is 1. The molecule has 0 spiro atoms. The molecule has 0 unspecified atom stereocenters. The van der Waals surface area contributed by atoms with Crippen LogP contribution in [0.5, 0.6) is 0 Å². The van der Waals surface area contributed by atoms with E-state index in [0.717, 1.165) is 6.42 Å². The molecule has 0 fully saturated rings. The molecule has 0 aliphatic rings. The van der Waals surface area contributed by atoms with Crippen LogP contribution in [-0.2, 0) is 9.09 Å². The summed E-state index contributed by atoms with van der Waals surface area (Å²) in [6.45, 7) is 6.20. The first kappa shape index (κ1) is 12.5. The van der Waals surface area contributed by atoms with Gasteiger partial charge in [0.25, 0.3) is 0 Å². The van der Waals surface area contributed by atoms with E-state index in [2.05, 4.69) is 31.2 Å². The van der Waals surface area contributed by atoms with Gasteiger partial charge in [0.15, 0.2) is 0 Å². The van der Waals surface area contributed by atoms with E-state index in [1.807, 2.05) is 6.11 Å². The molecular weight excluding hydrogens is 191 g/mol. The zero-order valence-electron chi connectivity index (χ0n) is 8.07. The largest absolute Gasteiger partial charge is 0.533 e. The van der Waals surface area contributed by atoms with E-state index in [1.165, 1.54) is 0 Å². The normalized spacial score (nSPS) is 11.8. The highest BCUT2D eigenvalue weighted by molar-refractivity contribution is 7.46. The molecule has 13 heavy (non-hydrogen) atoms. The minimum Gasteiger partial charge on any atom is -0.350 e. The topological polar surface area (TPSA) is 66.8 Å². The van der Waals surface area contributed by atoms with Gasteiger partial charge in [-0.3, -0.25) is 9.79 Å². The summed E-state index contributed by atoms with van der Waals surface area (Å²) >= 11 is 0. The predicted molar refractivity (Wildman–Crippen MR) is 49.6 cm³/mol. The summed E-state index contributed by atoms with van der Waals surface area (Å²) in [4.78, 5) is 16.5. The van der Waals surface area contributed by atoms with Gasteiger partial charge >= 0.3 is 7.82 Å². The molecule has 0 atom stereocenters. The third-order valence-corrected chi connectivity index (χ3v) is 1.57. The molecule has 76 valence electrons. The highest BCUT2D eigenvalue weighted by Crippen LogP contribution is 2.34. The summed E-state index contributed by atoms with van der Waals surface area (Å²) in [6, 6.07) is 0. The molecule has 0 saturated carbocycles. The molecule has 0 amide bonds. The maximum absolute atomic E-state index is 10.2. The molecule has 0 aromatic rings. The predicted octanol–water partition coefficient (Wildman–Crippen LogP) is 1.88. The molecule has 4 nitrogen and oxygen atoms in total. The lowest BCUT2D eigenvalue weighted by molar-refractivity contribution is 0.269. The Kier molecular flexibility index (Phi) is 4.49. The van der Waals surface area contributed by atoms with Crippen molar-refractivity contribution in [2.45, 2.75) is 33.6 Å². The van der Waals surface area contributed by atoms with Crippen molar-refractivity contribution in [2.75, 3.05) is 0 Å². The second-order valence-electron chi connectivity index (χ2n) is 3.92. The molecule has 0 aromatic carbocycles. The maximum atomic E-state index is 10.2. The van der Waals surface area contributed by atoms with Crippen molar-refractivity contribution in [3.8, 4) is 12.0 Å². The van der Waals surface area contributed by atoms with Crippen LogP contribution in [-0.4, -0.2) is 9.79 Å². The summed E-state index contributed by atoms with van der Waals surface area (Å²) in [5.41, 5.74) is 0.177. The lowest BCUT2D eigenvalue weighted by Gasteiger charge is -2.15. The average Bonchev–Trinajstić information content (AvgIpc) is 1.81. The van der Waals surface area contributed by atoms with E-state index < -0.39 is 7.82 Å². The second-order valence-corrected chi connectivity index (χ2v) is 5.09. The van der Waals surface area contributed by atoms with Crippen molar-refractivity contribution >= 4 is 7.82 Å². The molecule has 0 radical (unpaired) electrons. The monoisotopic (exact) mass is 206 g/mol. The lowest BCUT2D eigenvalue weighted by Crippen LogP contribution is -2.03. The third kappa shape index (κ3) is 11.5. The van der Waals surface area contributed by atoms with E-state index in [-0.39, 0.29) is 5.41 Å². The van der Waals surface area contributed by atoms with E-state index in [1.54, 1.807) is 0 Å². The molecule has 0 aromatic heterocycles. The van der Waals surface area contributed by atoms with E-state index in [0.29, 0.717) is 6.42 Å². The lowest BCUT2D eigenvalue weighted by atomic mass is 9.91. The van der Waals surface area contributed by atoms with Gasteiger partial charge in [-0.25, -0.2) is 4.57 Å². The smallest absolute Gasteiger partial charge is 0.350 e. The summed E-state index contributed by atoms with van der Waals surface area (Å²) in [6.07, 6.45) is 3.42. The number of hydrogen-bond donors (Lipinski definition) is 2. The molecule has 0 aliphatic heterocycles. The van der Waals surface area contributed by atoms with Gasteiger partial charge < -0.3 is 4.52 Å². The Morgan fingerprint density at radius 2 is 1.92 bits per heavy atom. The molecule has 0 saturated heterocycles. The number of phosphoric ester groups is 1. The van der Waals surface area contributed by atoms with Crippen molar-refractivity contribution in [1.82, 2.24) is 0 Å². The minimum absolute atomic E-state index is 0.177. The number of rotatable bonds is 2. The van der Waals surface area contributed by atoms with Gasteiger partial charge in [0.1, 0.15) is 6.11 Å². The molecule has 0 rings (SSSR count). The summed E-state index contributed by atoms with van der Waals surface area (Å²) in [7, 11) is -4.42. The van der Waals surface area contributed by atoms with E-state index in [9.17, 15) is 4.57 Å². The first-order valence-electron chi connectivity index (χ1n) is 3.93. The Morgan fingerprint density at radius 3 is 2.31 bits per heavy atom. The van der Waals surface area contributed by atoms with Crippen LogP contribution in [0.2, 0.25) is 0 Å². The minimum atomic E-state index is -4.42. The fraction of sp³-hybridized carbons (Fsp3) is 0.750. The standard InChI is InChI=1S/C8H15O4P/c1-8(2,3)6-4-5-7-12-13(9,10)11/h4,6H2,1-3H3,(H2,9,10,11). The fourth-order valence-electron chi connectivity index (χ4n) is 0.580. The Bertz CT molecular complexity index is 250. The van der Waals surface area contributed by atoms with Crippen molar-refractivity contribution in [3.63, 3.8) is 0 Å². The summed E-state index contributed by atoms with van der Waals surface area (Å²) < 4.78 is 14.1. The van der Waals surface area contributed by atoms with Gasteiger partial charge in [0.2, 0.25) is 0 Å². The molecule has 0 heterocycles. The highest BCUT2D eigenvalue weighted by atomic mass is 31.2. The Morgan fingerprint density at radius 1 is 1.38 bits per heavy atom. The van der Waals surface area contributed by atoms with Crippen molar-refractivity contribution in [2.24, 2.45) is 5.41 Å². The van der Waals surface area contributed by atoms with E-state index in [4.69, 9.17) is 9.79 Å². The van der Waals surface area contributed by atoms with Crippen LogP contribution in [0, 0.1) is 17.4 Å². The van der Waals surface area contributed by atoms with Crippen LogP contribution in [0.15, 0.2) is 0 Å². The SMILES string of the molecule is CC(C)(C)CCC#COP(=O)(O)O. The van der Waals surface area contributed by atoms with Crippen LogP contribution in [0.1, 0.15) is 33.6 Å². The van der Waals surface area contributed by atoms with Gasteiger partial charge in [-0.15, -0.1) is 0 Å². The van der Waals surface area contributed by atoms with Crippen molar-refractivity contribution in [1.29, 1.82) is 0 Å². The quantitative estimate of drug-likeness (QED) is 0.534. The third-order valence-electron chi connectivity index (χ3n) is 1.24. The van der Waals surface area contributed by atoms with Gasteiger partial charge in [-0.05, 0) is 11.8 Å². The summed E-state index contributed by atoms with van der Waals surface area (Å²) in [5.74, 6) is 2.53. The first-order valence-corrected chi connectivity index (χ1v) is 5.46. The van der Waals surface area contributed by atoms with Gasteiger partial charge in [0.05, 0.1) is 0 Å². The van der Waals surface area contributed by atoms with Crippen molar-refractivity contribution < 1.29 is 18.9 Å². The number of hydrogen-bond acceptors (Lipinski definition) is 2. The first-order chi connectivity index (χ1) is 5.71. The second kappa shape index (κ2) is 4.66. The molecular formula is C8H15O4P. The zero-order chi connectivity index (χ0) is 10.5. The van der Waals surface area contributed by atoms with Crippen LogP contribution < -0.4 is 0 Å². The Labute approximate surface area is 78.5 Å². The molecule has 5 heteroatoms. The average molecular weight is 206 g/mol. The van der Waals surface area contributed by atoms with Gasteiger partial charge in [0, 0.05) is 6.42 Å². The zero-order valence-corrected chi connectivity index (χ0v) is 8.97. The highest BCUT2D eigenvalue weighted by Gasteiger charge is 2.12. The van der Waals surface area contributed by atoms with Gasteiger partial charge in [-0.2, -0.15) is 0 Å². The van der Waals surface area contributed by atoms with Gasteiger partial charge in [-0.1, -0.05) is 26.7 Å². The maximum Gasteiger partial charge on any atom is 0.533 e. The molecule has 2 N–H and O–H groups in total. The van der Waals surface area contributed by atoms with Crippen LogP contribution in [0.4, 0.5) is 0 Å². The van der Waals surface area contributed by atoms with Crippen molar-refractivity contribution in [3.05, 3.63) is 0 Å². The molecule has 0 bridgehead atoms. The fourth-order valence-corrected chi connectivity index (χ4v) is 0.764. The Hall–Kier alpha value is -0.490. The van der Waals surface area contributed by atoms with E-state index >= 15 is 0 Å². The van der Waals surface area contributed by atoms with Crippen LogP contribution in [0.3, 0.4) is 0 Å². The van der Waals surface area contributed by atoms with Crippen LogP contribution in [0.25, 0.3) is 0 Å².